The van der Waals surface area contributed by atoms with E-state index >= 15 is 0 Å². The highest BCUT2D eigenvalue weighted by molar-refractivity contribution is 5.55. The minimum Gasteiger partial charge on any atom is -0.494 e. The lowest BCUT2D eigenvalue weighted by Crippen LogP contribution is -2.49. The first kappa shape index (κ1) is 22.9. The molecule has 2 fully saturated rings. The molecule has 0 spiro atoms. The van der Waals surface area contributed by atoms with Gasteiger partial charge >= 0.3 is 12.1 Å². The third-order valence-electron chi connectivity index (χ3n) is 6.45. The molecule has 0 amide bonds. The van der Waals surface area contributed by atoms with Crippen LogP contribution >= 0.6 is 0 Å². The van der Waals surface area contributed by atoms with E-state index in [9.17, 15) is 22.0 Å². The minimum absolute atomic E-state index is 0.294. The van der Waals surface area contributed by atoms with E-state index < -0.39 is 18.6 Å². The summed E-state index contributed by atoms with van der Waals surface area (Å²) in [6.45, 7) is 1.66. The molecule has 2 aromatic rings. The molecule has 1 aliphatic heterocycles. The summed E-state index contributed by atoms with van der Waals surface area (Å²) in [5, 5.41) is 3.88. The summed E-state index contributed by atoms with van der Waals surface area (Å²) in [6.07, 6.45) is -2.16. The molecule has 2 atom stereocenters. The first-order chi connectivity index (χ1) is 15.1. The summed E-state index contributed by atoms with van der Waals surface area (Å²) in [6, 6.07) is 7.46. The molecule has 1 aromatic heterocycles. The zero-order valence-corrected chi connectivity index (χ0v) is 17.7. The number of likely N-dealkylation sites (tertiary alicyclic amines) is 1. The van der Waals surface area contributed by atoms with Gasteiger partial charge in [0.2, 0.25) is 11.7 Å². The Morgan fingerprint density at radius 3 is 2.38 bits per heavy atom. The van der Waals surface area contributed by atoms with Crippen LogP contribution in [0.25, 0.3) is 11.4 Å². The summed E-state index contributed by atoms with van der Waals surface area (Å²) in [4.78, 5) is 5.42. The molecule has 1 saturated carbocycles. The molecule has 176 valence electrons. The van der Waals surface area contributed by atoms with Crippen molar-refractivity contribution in [3.05, 3.63) is 30.2 Å². The van der Waals surface area contributed by atoms with E-state index in [-0.39, 0.29) is 0 Å². The first-order valence-electron chi connectivity index (χ1n) is 10.8. The predicted octanol–water partition coefficient (Wildman–Crippen LogP) is 5.36. The van der Waals surface area contributed by atoms with E-state index in [1.54, 1.807) is 6.92 Å². The molecular formula is C22H26F5N3O2. The van der Waals surface area contributed by atoms with Gasteiger partial charge in [-0.25, -0.2) is 0 Å². The van der Waals surface area contributed by atoms with Crippen molar-refractivity contribution >= 4 is 0 Å². The van der Waals surface area contributed by atoms with Crippen molar-refractivity contribution in [1.29, 1.82) is 0 Å². The van der Waals surface area contributed by atoms with Crippen LogP contribution in [0.4, 0.5) is 22.0 Å². The quantitative estimate of drug-likeness (QED) is 0.498. The number of benzene rings is 1. The summed E-state index contributed by atoms with van der Waals surface area (Å²) >= 11 is 0. The van der Waals surface area contributed by atoms with Crippen molar-refractivity contribution < 1.29 is 31.2 Å². The van der Waals surface area contributed by atoms with E-state index in [0.717, 1.165) is 24.2 Å². The average Bonchev–Trinajstić information content (AvgIpc) is 3.37. The number of alkyl halides is 5. The van der Waals surface area contributed by atoms with Gasteiger partial charge in [0.1, 0.15) is 5.75 Å². The molecular weight excluding hydrogens is 433 g/mol. The third-order valence-corrected chi connectivity index (χ3v) is 6.45. The van der Waals surface area contributed by atoms with Gasteiger partial charge in [0, 0.05) is 12.5 Å². The van der Waals surface area contributed by atoms with Crippen LogP contribution in [0.15, 0.2) is 28.8 Å². The maximum atomic E-state index is 13.2. The van der Waals surface area contributed by atoms with Crippen LogP contribution in [0.1, 0.15) is 31.6 Å². The number of hydrogen-bond donors (Lipinski definition) is 0. The molecule has 2 heterocycles. The number of nitrogens with zero attached hydrogens (tertiary/aromatic N) is 3. The number of piperidine rings is 1. The van der Waals surface area contributed by atoms with Crippen LogP contribution in [0.5, 0.6) is 5.75 Å². The van der Waals surface area contributed by atoms with Crippen molar-refractivity contribution in [3.8, 4) is 17.1 Å². The smallest absolute Gasteiger partial charge is 0.454 e. The number of ether oxygens (including phenoxy) is 1. The standard InChI is InChI=1S/C22H26F5N3O2/c1-14-28-20(29-32-14)16-2-4-18(5-3-16)31-11-8-17-12-19(17)15-6-9-30(10-7-15)13-21(23,24)22(25,26)27/h2-5,15,17,19H,6-13H2,1H3. The Hall–Kier alpha value is -2.23. The normalized spacial score (nSPS) is 22.8. The summed E-state index contributed by atoms with van der Waals surface area (Å²) < 4.78 is 74.5. The van der Waals surface area contributed by atoms with Crippen LogP contribution < -0.4 is 4.74 Å². The predicted molar refractivity (Wildman–Crippen MR) is 106 cm³/mol. The highest BCUT2D eigenvalue weighted by atomic mass is 19.4. The number of aryl methyl sites for hydroxylation is 1. The Morgan fingerprint density at radius 1 is 1.09 bits per heavy atom. The monoisotopic (exact) mass is 459 g/mol. The number of hydrogen-bond acceptors (Lipinski definition) is 5. The molecule has 2 unspecified atom stereocenters. The van der Waals surface area contributed by atoms with Gasteiger partial charge < -0.3 is 9.26 Å². The molecule has 2 aliphatic rings. The number of rotatable bonds is 8. The maximum absolute atomic E-state index is 13.2. The van der Waals surface area contributed by atoms with Gasteiger partial charge in [-0.2, -0.15) is 26.9 Å². The van der Waals surface area contributed by atoms with Gasteiger partial charge in [-0.1, -0.05) is 5.16 Å². The van der Waals surface area contributed by atoms with Crippen LogP contribution in [-0.2, 0) is 0 Å². The van der Waals surface area contributed by atoms with E-state index in [2.05, 4.69) is 10.1 Å². The van der Waals surface area contributed by atoms with Gasteiger partial charge in [0.05, 0.1) is 13.2 Å². The third kappa shape index (κ3) is 5.39. The van der Waals surface area contributed by atoms with Crippen molar-refractivity contribution in [1.82, 2.24) is 15.0 Å². The zero-order valence-electron chi connectivity index (χ0n) is 17.7. The van der Waals surface area contributed by atoms with Crippen LogP contribution in [0.2, 0.25) is 0 Å². The second-order valence-electron chi connectivity index (χ2n) is 8.77. The van der Waals surface area contributed by atoms with Gasteiger partial charge in [-0.3, -0.25) is 4.90 Å². The molecule has 1 saturated heterocycles. The van der Waals surface area contributed by atoms with E-state index in [1.807, 2.05) is 24.3 Å². The molecule has 0 N–H and O–H groups in total. The number of aromatic nitrogens is 2. The van der Waals surface area contributed by atoms with Crippen molar-refractivity contribution in [2.75, 3.05) is 26.2 Å². The summed E-state index contributed by atoms with van der Waals surface area (Å²) in [7, 11) is 0. The van der Waals surface area contributed by atoms with Crippen molar-refractivity contribution in [3.63, 3.8) is 0 Å². The zero-order chi connectivity index (χ0) is 22.9. The summed E-state index contributed by atoms with van der Waals surface area (Å²) in [5.41, 5.74) is 0.843. The van der Waals surface area contributed by atoms with Crippen molar-refractivity contribution in [2.45, 2.75) is 44.7 Å². The fraction of sp³-hybridized carbons (Fsp3) is 0.636. The molecule has 4 rings (SSSR count). The van der Waals surface area contributed by atoms with Gasteiger partial charge in [-0.15, -0.1) is 0 Å². The fourth-order valence-corrected chi connectivity index (χ4v) is 4.53. The second-order valence-corrected chi connectivity index (χ2v) is 8.77. The number of halogens is 5. The first-order valence-corrected chi connectivity index (χ1v) is 10.8. The van der Waals surface area contributed by atoms with Gasteiger partial charge in [-0.05, 0) is 80.8 Å². The lowest BCUT2D eigenvalue weighted by molar-refractivity contribution is -0.287. The van der Waals surface area contributed by atoms with Crippen molar-refractivity contribution in [2.24, 2.45) is 17.8 Å². The Bertz CT molecular complexity index is 892. The van der Waals surface area contributed by atoms with Crippen LogP contribution in [0.3, 0.4) is 0 Å². The van der Waals surface area contributed by atoms with E-state index in [4.69, 9.17) is 9.26 Å². The fourth-order valence-electron chi connectivity index (χ4n) is 4.53. The topological polar surface area (TPSA) is 51.4 Å². The van der Waals surface area contributed by atoms with Gasteiger partial charge in [0.15, 0.2) is 0 Å². The Labute approximate surface area is 182 Å². The minimum atomic E-state index is -5.49. The van der Waals surface area contributed by atoms with E-state index in [0.29, 0.717) is 62.0 Å². The highest BCUT2D eigenvalue weighted by Gasteiger charge is 2.58. The lowest BCUT2D eigenvalue weighted by atomic mass is 9.90. The lowest BCUT2D eigenvalue weighted by Gasteiger charge is -2.34. The molecule has 1 aromatic carbocycles. The van der Waals surface area contributed by atoms with Crippen LogP contribution in [0, 0.1) is 24.7 Å². The molecule has 0 bridgehead atoms. The SMILES string of the molecule is Cc1nc(-c2ccc(OCCC3CC3C3CCN(CC(F)(F)C(F)(F)F)CC3)cc2)no1. The molecule has 0 radical (unpaired) electrons. The molecule has 32 heavy (non-hydrogen) atoms. The highest BCUT2D eigenvalue weighted by Crippen LogP contribution is 2.50. The molecule has 10 heteroatoms. The Morgan fingerprint density at radius 2 is 1.78 bits per heavy atom. The van der Waals surface area contributed by atoms with Gasteiger partial charge in [0.25, 0.3) is 0 Å². The largest absolute Gasteiger partial charge is 0.494 e. The second kappa shape index (κ2) is 8.96. The molecule has 5 nitrogen and oxygen atoms in total. The van der Waals surface area contributed by atoms with E-state index in [1.165, 1.54) is 4.90 Å². The maximum Gasteiger partial charge on any atom is 0.454 e. The average molecular weight is 459 g/mol. The molecule has 1 aliphatic carbocycles. The van der Waals surface area contributed by atoms with Crippen LogP contribution in [-0.4, -0.2) is 53.4 Å². The summed E-state index contributed by atoms with van der Waals surface area (Å²) in [5.74, 6) is -1.41. The Balaban J connectivity index is 1.15. The Kier molecular flexibility index (Phi) is 6.42.